The first-order valence-corrected chi connectivity index (χ1v) is 15.1. The number of aliphatic hydroxyl groups excluding tert-OH is 1. The molecular formula is C27H41N4O7S-. The summed E-state index contributed by atoms with van der Waals surface area (Å²) in [5.74, 6) is -1.43. The quantitative estimate of drug-likeness (QED) is 0.277. The molecule has 1 saturated heterocycles. The SMILES string of the molecule is CC(C)C[C@H](NC(=O)N(C)C1CCCC1Cc1ccccc1)C(=O)N[C@@H](C[C@@H]1CCNC1=O)C(O)S(=O)(=O)[O-]. The minimum absolute atomic E-state index is 0.00381. The summed E-state index contributed by atoms with van der Waals surface area (Å²) >= 11 is 0. The van der Waals surface area contributed by atoms with E-state index in [0.717, 1.165) is 25.7 Å². The molecule has 12 heteroatoms. The van der Waals surface area contributed by atoms with E-state index in [9.17, 15) is 32.5 Å². The van der Waals surface area contributed by atoms with E-state index in [4.69, 9.17) is 0 Å². The van der Waals surface area contributed by atoms with Crippen LogP contribution in [0.1, 0.15) is 57.9 Å². The molecule has 0 aromatic heterocycles. The fourth-order valence-corrected chi connectivity index (χ4v) is 6.28. The molecule has 2 fully saturated rings. The molecule has 1 saturated carbocycles. The van der Waals surface area contributed by atoms with Gasteiger partial charge >= 0.3 is 6.03 Å². The van der Waals surface area contributed by atoms with E-state index >= 15 is 0 Å². The first kappa shape index (κ1) is 30.8. The number of nitrogens with zero attached hydrogens (tertiary/aromatic N) is 1. The highest BCUT2D eigenvalue weighted by Gasteiger charge is 2.37. The summed E-state index contributed by atoms with van der Waals surface area (Å²) < 4.78 is 34.8. The molecule has 39 heavy (non-hydrogen) atoms. The van der Waals surface area contributed by atoms with Gasteiger partial charge in [0.2, 0.25) is 11.8 Å². The van der Waals surface area contributed by atoms with Crippen molar-refractivity contribution < 1.29 is 32.5 Å². The van der Waals surface area contributed by atoms with Crippen molar-refractivity contribution in [2.75, 3.05) is 13.6 Å². The van der Waals surface area contributed by atoms with E-state index in [2.05, 4.69) is 28.1 Å². The topological polar surface area (TPSA) is 168 Å². The van der Waals surface area contributed by atoms with Crippen LogP contribution in [-0.2, 0) is 26.1 Å². The second-order valence-electron chi connectivity index (χ2n) is 11.2. The minimum atomic E-state index is -5.17. The van der Waals surface area contributed by atoms with Crippen molar-refractivity contribution in [3.63, 3.8) is 0 Å². The number of carbonyl (C=O) groups is 3. The lowest BCUT2D eigenvalue weighted by Crippen LogP contribution is -2.57. The molecule has 1 heterocycles. The van der Waals surface area contributed by atoms with Crippen LogP contribution in [0.2, 0.25) is 0 Å². The maximum Gasteiger partial charge on any atom is 0.318 e. The van der Waals surface area contributed by atoms with E-state index in [1.165, 1.54) is 5.56 Å². The van der Waals surface area contributed by atoms with Crippen LogP contribution in [0.25, 0.3) is 0 Å². The minimum Gasteiger partial charge on any atom is -0.746 e. The zero-order valence-electron chi connectivity index (χ0n) is 22.8. The molecular weight excluding hydrogens is 524 g/mol. The van der Waals surface area contributed by atoms with Gasteiger partial charge in [0.1, 0.15) is 16.2 Å². The highest BCUT2D eigenvalue weighted by atomic mass is 32.2. The Bertz CT molecular complexity index is 1100. The van der Waals surface area contributed by atoms with Gasteiger partial charge in [-0.05, 0) is 55.9 Å². The standard InChI is InChI=1S/C27H42N4O7S/c1-17(2)14-21(25(33)29-22(26(34)39(36,37)38)16-20-12-13-28-24(20)32)30-27(35)31(3)23-11-7-10-19(23)15-18-8-5-4-6-9-18/h4-6,8-9,17,19-23,26,34H,7,10-16H2,1-3H3,(H,28,32)(H,29,33)(H,30,35)(H,36,37,38)/p-1/t19?,20-,21-,22-,23?,26?/m0/s1. The van der Waals surface area contributed by atoms with E-state index in [0.29, 0.717) is 13.0 Å². The molecule has 1 aliphatic carbocycles. The maximum absolute atomic E-state index is 13.3. The number of rotatable bonds is 12. The Hall–Kier alpha value is -2.70. The largest absolute Gasteiger partial charge is 0.746 e. The van der Waals surface area contributed by atoms with E-state index < -0.39 is 45.5 Å². The Balaban J connectivity index is 1.70. The monoisotopic (exact) mass is 565 g/mol. The fourth-order valence-electron chi connectivity index (χ4n) is 5.69. The molecule has 6 atom stereocenters. The summed E-state index contributed by atoms with van der Waals surface area (Å²) in [5.41, 5.74) is -1.22. The van der Waals surface area contributed by atoms with Gasteiger partial charge in [0.25, 0.3) is 0 Å². The smallest absolute Gasteiger partial charge is 0.318 e. The molecule has 3 unspecified atom stereocenters. The Kier molecular flexibility index (Phi) is 10.7. The van der Waals surface area contributed by atoms with Crippen LogP contribution < -0.4 is 16.0 Å². The van der Waals surface area contributed by atoms with Crippen LogP contribution >= 0.6 is 0 Å². The van der Waals surface area contributed by atoms with Crippen molar-refractivity contribution in [3.8, 4) is 0 Å². The van der Waals surface area contributed by atoms with Crippen molar-refractivity contribution in [1.29, 1.82) is 0 Å². The normalized spacial score (nSPS) is 23.6. The zero-order valence-corrected chi connectivity index (χ0v) is 23.7. The highest BCUT2D eigenvalue weighted by molar-refractivity contribution is 7.86. The molecule has 3 rings (SSSR count). The number of amides is 4. The molecule has 1 aromatic rings. The fraction of sp³-hybridized carbons (Fsp3) is 0.667. The van der Waals surface area contributed by atoms with Gasteiger partial charge < -0.3 is 30.5 Å². The number of nitrogens with one attached hydrogen (secondary N) is 3. The molecule has 218 valence electrons. The van der Waals surface area contributed by atoms with Crippen molar-refractivity contribution >= 4 is 28.0 Å². The lowest BCUT2D eigenvalue weighted by Gasteiger charge is -2.33. The molecule has 4 amide bonds. The average molecular weight is 566 g/mol. The van der Waals surface area contributed by atoms with Gasteiger partial charge in [-0.2, -0.15) is 0 Å². The third-order valence-electron chi connectivity index (χ3n) is 7.77. The van der Waals surface area contributed by atoms with Gasteiger partial charge in [-0.15, -0.1) is 0 Å². The summed E-state index contributed by atoms with van der Waals surface area (Å²) in [5, 5.41) is 18.1. The number of aliphatic hydroxyl groups is 1. The van der Waals surface area contributed by atoms with E-state index in [1.54, 1.807) is 11.9 Å². The maximum atomic E-state index is 13.3. The van der Waals surface area contributed by atoms with Gasteiger partial charge in [0.05, 0.1) is 6.04 Å². The van der Waals surface area contributed by atoms with Crippen LogP contribution in [0.4, 0.5) is 4.79 Å². The molecule has 0 radical (unpaired) electrons. The first-order chi connectivity index (χ1) is 18.4. The third-order valence-corrected chi connectivity index (χ3v) is 8.69. The van der Waals surface area contributed by atoms with Gasteiger partial charge in [-0.1, -0.05) is 50.6 Å². The molecule has 4 N–H and O–H groups in total. The second kappa shape index (κ2) is 13.6. The lowest BCUT2D eigenvalue weighted by atomic mass is 9.94. The van der Waals surface area contributed by atoms with Gasteiger partial charge in [-0.3, -0.25) is 9.59 Å². The van der Waals surface area contributed by atoms with Crippen molar-refractivity contribution in [2.45, 2.75) is 82.4 Å². The number of benzene rings is 1. The summed E-state index contributed by atoms with van der Waals surface area (Å²) in [7, 11) is -3.46. The Morgan fingerprint density at radius 3 is 2.44 bits per heavy atom. The van der Waals surface area contributed by atoms with E-state index in [-0.39, 0.29) is 36.6 Å². The number of hydrogen-bond donors (Lipinski definition) is 4. The zero-order chi connectivity index (χ0) is 28.7. The van der Waals surface area contributed by atoms with E-state index in [1.807, 2.05) is 32.0 Å². The summed E-state index contributed by atoms with van der Waals surface area (Å²) in [6.07, 6.45) is 4.10. The second-order valence-corrected chi connectivity index (χ2v) is 12.7. The summed E-state index contributed by atoms with van der Waals surface area (Å²) in [6, 6.07) is 7.13. The van der Waals surface area contributed by atoms with Crippen LogP contribution in [0, 0.1) is 17.8 Å². The molecule has 1 aliphatic heterocycles. The molecule has 1 aromatic carbocycles. The molecule has 2 aliphatic rings. The molecule has 0 bridgehead atoms. The van der Waals surface area contributed by atoms with Crippen LogP contribution in [0.3, 0.4) is 0 Å². The first-order valence-electron chi connectivity index (χ1n) is 13.6. The molecule has 11 nitrogen and oxygen atoms in total. The summed E-state index contributed by atoms with van der Waals surface area (Å²) in [4.78, 5) is 40.3. The van der Waals surface area contributed by atoms with Crippen molar-refractivity contribution in [2.24, 2.45) is 17.8 Å². The predicted molar refractivity (Wildman–Crippen MR) is 144 cm³/mol. The number of urea groups is 1. The average Bonchev–Trinajstić information content (AvgIpc) is 3.50. The van der Waals surface area contributed by atoms with Crippen LogP contribution in [-0.4, -0.2) is 78.0 Å². The summed E-state index contributed by atoms with van der Waals surface area (Å²) in [6.45, 7) is 4.13. The van der Waals surface area contributed by atoms with Crippen molar-refractivity contribution in [3.05, 3.63) is 35.9 Å². The van der Waals surface area contributed by atoms with Crippen LogP contribution in [0.15, 0.2) is 30.3 Å². The number of carbonyl (C=O) groups excluding carboxylic acids is 3. The Labute approximate surface area is 230 Å². The van der Waals surface area contributed by atoms with Crippen LogP contribution in [0.5, 0.6) is 0 Å². The Morgan fingerprint density at radius 1 is 1.15 bits per heavy atom. The van der Waals surface area contributed by atoms with Gasteiger partial charge in [0.15, 0.2) is 5.44 Å². The predicted octanol–water partition coefficient (Wildman–Crippen LogP) is 1.33. The van der Waals surface area contributed by atoms with Crippen molar-refractivity contribution in [1.82, 2.24) is 20.9 Å². The van der Waals surface area contributed by atoms with Gasteiger partial charge in [0, 0.05) is 25.6 Å². The third kappa shape index (κ3) is 8.64. The lowest BCUT2D eigenvalue weighted by molar-refractivity contribution is -0.126. The van der Waals surface area contributed by atoms with Gasteiger partial charge in [-0.25, -0.2) is 13.2 Å². The Morgan fingerprint density at radius 2 is 1.85 bits per heavy atom. The highest BCUT2D eigenvalue weighted by Crippen LogP contribution is 2.32. The molecule has 0 spiro atoms. The number of hydrogen-bond acceptors (Lipinski definition) is 7.